The quantitative estimate of drug-likeness (QED) is 0.396. The Balaban J connectivity index is 1.43. The van der Waals surface area contributed by atoms with Gasteiger partial charge in [0, 0.05) is 17.0 Å². The maximum atomic E-state index is 12.6. The van der Waals surface area contributed by atoms with E-state index < -0.39 is 16.0 Å². The third kappa shape index (κ3) is 4.44. The second-order valence-electron chi connectivity index (χ2n) is 7.90. The van der Waals surface area contributed by atoms with Crippen LogP contribution >= 0.6 is 11.3 Å². The second kappa shape index (κ2) is 8.51. The van der Waals surface area contributed by atoms with Crippen LogP contribution in [0.3, 0.4) is 0 Å². The summed E-state index contributed by atoms with van der Waals surface area (Å²) in [5.41, 5.74) is 3.11. The number of thiophene rings is 1. The molecule has 8 heteroatoms. The van der Waals surface area contributed by atoms with Gasteiger partial charge in [-0.15, -0.1) is 11.3 Å². The minimum Gasteiger partial charge on any atom is -0.453 e. The molecule has 0 radical (unpaired) electrons. The molecule has 2 heterocycles. The summed E-state index contributed by atoms with van der Waals surface area (Å²) in [6, 6.07) is 6.90. The first-order valence-corrected chi connectivity index (χ1v) is 12.9. The number of sulfonamides is 1. The first-order chi connectivity index (χ1) is 14.3. The van der Waals surface area contributed by atoms with E-state index in [0.29, 0.717) is 35.5 Å². The van der Waals surface area contributed by atoms with Gasteiger partial charge in [0.25, 0.3) is 0 Å². The minimum absolute atomic E-state index is 0.291. The number of carbonyl (C=O) groups excluding carboxylic acids is 2. The van der Waals surface area contributed by atoms with Gasteiger partial charge in [-0.05, 0) is 73.9 Å². The molecular weight excluding hydrogens is 422 g/mol. The molecule has 30 heavy (non-hydrogen) atoms. The van der Waals surface area contributed by atoms with E-state index >= 15 is 0 Å². The van der Waals surface area contributed by atoms with E-state index in [1.807, 2.05) is 6.07 Å². The Morgan fingerprint density at radius 3 is 2.60 bits per heavy atom. The van der Waals surface area contributed by atoms with Crippen LogP contribution in [0.2, 0.25) is 0 Å². The summed E-state index contributed by atoms with van der Waals surface area (Å²) >= 11 is 1.48. The minimum atomic E-state index is -3.35. The zero-order chi connectivity index (χ0) is 21.3. The number of esters is 1. The van der Waals surface area contributed by atoms with Gasteiger partial charge in [0.1, 0.15) is 4.88 Å². The van der Waals surface area contributed by atoms with E-state index in [2.05, 4.69) is 0 Å². The number of nitrogens with zero attached hydrogens (tertiary/aromatic N) is 1. The molecule has 1 aliphatic carbocycles. The maximum Gasteiger partial charge on any atom is 0.348 e. The number of hydrogen-bond acceptors (Lipinski definition) is 6. The molecular formula is C22H25NO5S2. The van der Waals surface area contributed by atoms with Crippen LogP contribution < -0.4 is 4.31 Å². The predicted octanol–water partition coefficient (Wildman–Crippen LogP) is 3.77. The van der Waals surface area contributed by atoms with E-state index in [4.69, 9.17) is 4.74 Å². The maximum absolute atomic E-state index is 12.6. The highest BCUT2D eigenvalue weighted by atomic mass is 32.2. The number of carbonyl (C=O) groups is 2. The third-order valence-corrected chi connectivity index (χ3v) is 8.06. The average Bonchev–Trinajstić information content (AvgIpc) is 3.00. The van der Waals surface area contributed by atoms with E-state index in [1.165, 1.54) is 38.8 Å². The molecule has 4 rings (SSSR count). The summed E-state index contributed by atoms with van der Waals surface area (Å²) in [4.78, 5) is 26.8. The summed E-state index contributed by atoms with van der Waals surface area (Å²) < 4.78 is 30.6. The topological polar surface area (TPSA) is 80.8 Å². The van der Waals surface area contributed by atoms with Gasteiger partial charge in [0.15, 0.2) is 12.4 Å². The van der Waals surface area contributed by atoms with E-state index in [0.717, 1.165) is 31.2 Å². The summed E-state index contributed by atoms with van der Waals surface area (Å²) in [5, 5.41) is 0. The lowest BCUT2D eigenvalue weighted by Gasteiger charge is -2.29. The molecule has 0 N–H and O–H groups in total. The lowest BCUT2D eigenvalue weighted by atomic mass is 9.99. The van der Waals surface area contributed by atoms with Gasteiger partial charge >= 0.3 is 5.97 Å². The van der Waals surface area contributed by atoms with Crippen LogP contribution in [-0.4, -0.2) is 39.6 Å². The van der Waals surface area contributed by atoms with Gasteiger partial charge in [-0.3, -0.25) is 9.10 Å². The Bertz CT molecular complexity index is 1060. The van der Waals surface area contributed by atoms with Crippen LogP contribution in [0.25, 0.3) is 0 Å². The lowest BCUT2D eigenvalue weighted by molar-refractivity contribution is 0.0479. The fraction of sp³-hybridized carbons (Fsp3) is 0.455. The van der Waals surface area contributed by atoms with E-state index in [-0.39, 0.29) is 12.4 Å². The number of hydrogen-bond donors (Lipinski definition) is 0. The molecule has 160 valence electrons. The standard InChI is InChI=1S/C22H25NO5S2/c1-30(26,27)23-11-5-7-15-12-16(9-10-18(15)23)19(24)14-28-22(25)21-13-17-6-3-2-4-8-20(17)29-21/h9-10,12-13H,2-8,11,14H2,1H3. The van der Waals surface area contributed by atoms with Gasteiger partial charge in [-0.1, -0.05) is 6.42 Å². The summed E-state index contributed by atoms with van der Waals surface area (Å²) in [6.45, 7) is 0.123. The number of aryl methyl sites for hydroxylation is 3. The van der Waals surface area contributed by atoms with Gasteiger partial charge < -0.3 is 4.74 Å². The fourth-order valence-electron chi connectivity index (χ4n) is 4.13. The normalized spacial score (nSPS) is 16.4. The number of fused-ring (bicyclic) bond motifs is 2. The third-order valence-electron chi connectivity index (χ3n) is 5.66. The van der Waals surface area contributed by atoms with Crippen LogP contribution in [0, 0.1) is 0 Å². The molecule has 0 saturated carbocycles. The zero-order valence-corrected chi connectivity index (χ0v) is 18.6. The highest BCUT2D eigenvalue weighted by Crippen LogP contribution is 2.31. The van der Waals surface area contributed by atoms with Crippen LogP contribution in [0.15, 0.2) is 24.3 Å². The molecule has 0 saturated heterocycles. The van der Waals surface area contributed by atoms with Crippen molar-refractivity contribution in [3.05, 3.63) is 50.7 Å². The van der Waals surface area contributed by atoms with Crippen LogP contribution in [0.4, 0.5) is 5.69 Å². The van der Waals surface area contributed by atoms with Crippen molar-refractivity contribution < 1.29 is 22.7 Å². The number of benzene rings is 1. The first kappa shape index (κ1) is 21.1. The average molecular weight is 448 g/mol. The Labute approximate surface area is 180 Å². The summed E-state index contributed by atoms with van der Waals surface area (Å²) in [7, 11) is -3.35. The lowest BCUT2D eigenvalue weighted by Crippen LogP contribution is -2.34. The van der Waals surface area contributed by atoms with Crippen LogP contribution in [0.5, 0.6) is 0 Å². The molecule has 0 bridgehead atoms. The van der Waals surface area contributed by atoms with Crippen LogP contribution in [-0.2, 0) is 34.0 Å². The SMILES string of the molecule is CS(=O)(=O)N1CCCc2cc(C(=O)COC(=O)c3cc4c(s3)CCCCC4)ccc21. The first-order valence-electron chi connectivity index (χ1n) is 10.3. The Kier molecular flexibility index (Phi) is 5.97. The van der Waals surface area contributed by atoms with Crippen molar-refractivity contribution in [2.24, 2.45) is 0 Å². The Morgan fingerprint density at radius 1 is 1.03 bits per heavy atom. The van der Waals surface area contributed by atoms with Gasteiger partial charge in [0.2, 0.25) is 10.0 Å². The summed E-state index contributed by atoms with van der Waals surface area (Å²) in [5.74, 6) is -0.747. The predicted molar refractivity (Wildman–Crippen MR) is 117 cm³/mol. The van der Waals surface area contributed by atoms with E-state index in [1.54, 1.807) is 18.2 Å². The molecule has 0 spiro atoms. The van der Waals surface area contributed by atoms with Crippen molar-refractivity contribution >= 4 is 38.8 Å². The molecule has 0 amide bonds. The van der Waals surface area contributed by atoms with Crippen LogP contribution in [0.1, 0.15) is 61.7 Å². The van der Waals surface area contributed by atoms with Crippen molar-refractivity contribution in [3.63, 3.8) is 0 Å². The Morgan fingerprint density at radius 2 is 1.80 bits per heavy atom. The van der Waals surface area contributed by atoms with Gasteiger partial charge in [0.05, 0.1) is 11.9 Å². The largest absolute Gasteiger partial charge is 0.453 e. The number of Topliss-reactive ketones (excluding diaryl/α,β-unsaturated/α-hetero) is 1. The van der Waals surface area contributed by atoms with Crippen molar-refractivity contribution in [1.82, 2.24) is 0 Å². The highest BCUT2D eigenvalue weighted by molar-refractivity contribution is 7.92. The number of ether oxygens (including phenoxy) is 1. The van der Waals surface area contributed by atoms with Crippen molar-refractivity contribution in [3.8, 4) is 0 Å². The molecule has 1 aromatic carbocycles. The molecule has 0 unspecified atom stereocenters. The van der Waals surface area contributed by atoms with Gasteiger partial charge in [-0.2, -0.15) is 0 Å². The van der Waals surface area contributed by atoms with Crippen molar-refractivity contribution in [1.29, 1.82) is 0 Å². The fourth-order valence-corrected chi connectivity index (χ4v) is 6.28. The highest BCUT2D eigenvalue weighted by Gasteiger charge is 2.25. The molecule has 0 atom stereocenters. The number of anilines is 1. The molecule has 0 fully saturated rings. The van der Waals surface area contributed by atoms with Crippen molar-refractivity contribution in [2.75, 3.05) is 23.7 Å². The number of ketones is 1. The van der Waals surface area contributed by atoms with Crippen molar-refractivity contribution in [2.45, 2.75) is 44.9 Å². The summed E-state index contributed by atoms with van der Waals surface area (Å²) in [6.07, 6.45) is 8.12. The zero-order valence-electron chi connectivity index (χ0n) is 17.0. The number of rotatable bonds is 5. The molecule has 1 aliphatic heterocycles. The molecule has 1 aromatic heterocycles. The van der Waals surface area contributed by atoms with E-state index in [9.17, 15) is 18.0 Å². The smallest absolute Gasteiger partial charge is 0.348 e. The Hall–Kier alpha value is -2.19. The molecule has 6 nitrogen and oxygen atoms in total. The monoisotopic (exact) mass is 447 g/mol. The molecule has 2 aliphatic rings. The second-order valence-corrected chi connectivity index (χ2v) is 10.9. The van der Waals surface area contributed by atoms with Gasteiger partial charge in [-0.25, -0.2) is 13.2 Å². The molecule has 2 aromatic rings.